The van der Waals surface area contributed by atoms with Crippen molar-refractivity contribution in [3.8, 4) is 17.2 Å². The predicted octanol–water partition coefficient (Wildman–Crippen LogP) is 4.80. The number of hydrogen-bond acceptors (Lipinski definition) is 7. The lowest BCUT2D eigenvalue weighted by Gasteiger charge is -2.26. The normalized spacial score (nSPS) is 16.8. The zero-order chi connectivity index (χ0) is 26.0. The maximum atomic E-state index is 13.4. The third-order valence-electron chi connectivity index (χ3n) is 6.08. The standard InChI is InChI=1S/C27H25BrN2O6/c1-15-11-17(5-6-19(15)28)24(31)22-23(18-12-20(34-2)26(36-4)21(13-18)35-3)30(27(33)25(22)32)14-16-7-9-29-10-8-16/h5-13,23,31H,14H2,1-4H3/b24-22+. The van der Waals surface area contributed by atoms with Crippen LogP contribution in [0.15, 0.2) is 64.9 Å². The first-order valence-electron chi connectivity index (χ1n) is 11.0. The third-order valence-corrected chi connectivity index (χ3v) is 6.97. The monoisotopic (exact) mass is 552 g/mol. The molecule has 1 aromatic heterocycles. The summed E-state index contributed by atoms with van der Waals surface area (Å²) in [6.07, 6.45) is 3.23. The van der Waals surface area contributed by atoms with E-state index in [1.54, 1.807) is 54.9 Å². The molecule has 2 aromatic carbocycles. The number of aliphatic hydroxyl groups excluding tert-OH is 1. The number of nitrogens with zero attached hydrogens (tertiary/aromatic N) is 2. The number of carbonyl (C=O) groups excluding carboxylic acids is 2. The summed E-state index contributed by atoms with van der Waals surface area (Å²) in [7, 11) is 4.46. The van der Waals surface area contributed by atoms with E-state index in [-0.39, 0.29) is 17.9 Å². The Morgan fingerprint density at radius 3 is 2.19 bits per heavy atom. The van der Waals surface area contributed by atoms with Gasteiger partial charge in [-0.3, -0.25) is 14.6 Å². The molecule has 9 heteroatoms. The molecule has 0 aliphatic carbocycles. The van der Waals surface area contributed by atoms with Gasteiger partial charge in [0.05, 0.1) is 32.9 Å². The number of rotatable bonds is 7. The number of aliphatic hydroxyl groups is 1. The van der Waals surface area contributed by atoms with Crippen LogP contribution in [0, 0.1) is 6.92 Å². The number of pyridine rings is 1. The molecular formula is C27H25BrN2O6. The molecule has 8 nitrogen and oxygen atoms in total. The molecule has 1 amide bonds. The molecule has 1 saturated heterocycles. The van der Waals surface area contributed by atoms with Gasteiger partial charge in [0.25, 0.3) is 11.7 Å². The number of hydrogen-bond donors (Lipinski definition) is 1. The predicted molar refractivity (Wildman–Crippen MR) is 137 cm³/mol. The van der Waals surface area contributed by atoms with E-state index in [4.69, 9.17) is 14.2 Å². The van der Waals surface area contributed by atoms with Crippen LogP contribution in [0.5, 0.6) is 17.2 Å². The number of amides is 1. The Morgan fingerprint density at radius 2 is 1.64 bits per heavy atom. The minimum atomic E-state index is -0.907. The molecule has 0 spiro atoms. The van der Waals surface area contributed by atoms with Gasteiger partial charge in [0.2, 0.25) is 5.75 Å². The van der Waals surface area contributed by atoms with Gasteiger partial charge in [0, 0.05) is 29.0 Å². The van der Waals surface area contributed by atoms with Crippen molar-refractivity contribution in [3.05, 3.63) is 87.2 Å². The summed E-state index contributed by atoms with van der Waals surface area (Å²) >= 11 is 3.45. The number of ether oxygens (including phenoxy) is 3. The van der Waals surface area contributed by atoms with Gasteiger partial charge in [-0.15, -0.1) is 0 Å². The molecule has 1 N–H and O–H groups in total. The quantitative estimate of drug-likeness (QED) is 0.255. The zero-order valence-corrected chi connectivity index (χ0v) is 21.8. The smallest absolute Gasteiger partial charge is 0.295 e. The Morgan fingerprint density at radius 1 is 1.00 bits per heavy atom. The van der Waals surface area contributed by atoms with E-state index in [1.807, 2.05) is 6.92 Å². The molecule has 4 rings (SSSR count). The summed E-state index contributed by atoms with van der Waals surface area (Å²) in [6.45, 7) is 2.00. The first kappa shape index (κ1) is 25.2. The number of methoxy groups -OCH3 is 3. The lowest BCUT2D eigenvalue weighted by atomic mass is 9.94. The number of halogens is 1. The van der Waals surface area contributed by atoms with Gasteiger partial charge in [-0.2, -0.15) is 0 Å². The van der Waals surface area contributed by atoms with Gasteiger partial charge in [-0.25, -0.2) is 0 Å². The summed E-state index contributed by atoms with van der Waals surface area (Å²) < 4.78 is 17.3. The lowest BCUT2D eigenvalue weighted by Crippen LogP contribution is -2.29. The highest BCUT2D eigenvalue weighted by atomic mass is 79.9. The van der Waals surface area contributed by atoms with Crippen molar-refractivity contribution in [2.75, 3.05) is 21.3 Å². The molecule has 1 fully saturated rings. The van der Waals surface area contributed by atoms with E-state index in [2.05, 4.69) is 20.9 Å². The summed E-state index contributed by atoms with van der Waals surface area (Å²) in [5, 5.41) is 11.4. The van der Waals surface area contributed by atoms with Crippen molar-refractivity contribution in [1.29, 1.82) is 0 Å². The Balaban J connectivity index is 1.96. The number of carbonyl (C=O) groups is 2. The van der Waals surface area contributed by atoms with Crippen molar-refractivity contribution in [2.24, 2.45) is 0 Å². The maximum absolute atomic E-state index is 13.4. The molecule has 1 aliphatic rings. The van der Waals surface area contributed by atoms with Crippen LogP contribution in [0.25, 0.3) is 5.76 Å². The summed E-state index contributed by atoms with van der Waals surface area (Å²) in [6, 6.07) is 11.2. The first-order chi connectivity index (χ1) is 17.3. The SMILES string of the molecule is COc1cc(C2/C(=C(\O)c3ccc(Br)c(C)c3)C(=O)C(=O)N2Cc2ccncc2)cc(OC)c1OC. The largest absolute Gasteiger partial charge is 0.507 e. The van der Waals surface area contributed by atoms with E-state index < -0.39 is 17.7 Å². The van der Waals surface area contributed by atoms with Crippen molar-refractivity contribution < 1.29 is 28.9 Å². The number of Topliss-reactive ketones (excluding diaryl/α,β-unsaturated/α-hetero) is 1. The number of likely N-dealkylation sites (tertiary alicyclic amines) is 1. The minimum Gasteiger partial charge on any atom is -0.507 e. The zero-order valence-electron chi connectivity index (χ0n) is 20.2. The molecule has 1 atom stereocenters. The number of ketones is 1. The van der Waals surface area contributed by atoms with Gasteiger partial charge in [-0.1, -0.05) is 22.0 Å². The summed E-state index contributed by atoms with van der Waals surface area (Å²) in [5.74, 6) is -0.665. The van der Waals surface area contributed by atoms with Crippen molar-refractivity contribution in [1.82, 2.24) is 9.88 Å². The van der Waals surface area contributed by atoms with Crippen LogP contribution in [0.4, 0.5) is 0 Å². The van der Waals surface area contributed by atoms with Crippen LogP contribution in [-0.2, 0) is 16.1 Å². The van der Waals surface area contributed by atoms with Crippen LogP contribution in [-0.4, -0.2) is 48.0 Å². The molecule has 1 unspecified atom stereocenters. The first-order valence-corrected chi connectivity index (χ1v) is 11.8. The van der Waals surface area contributed by atoms with Gasteiger partial charge in [0.1, 0.15) is 5.76 Å². The number of aromatic nitrogens is 1. The van der Waals surface area contributed by atoms with Crippen LogP contribution < -0.4 is 14.2 Å². The molecule has 3 aromatic rings. The van der Waals surface area contributed by atoms with Crippen LogP contribution in [0.1, 0.15) is 28.3 Å². The fraction of sp³-hybridized carbons (Fsp3) is 0.222. The van der Waals surface area contributed by atoms with E-state index in [0.717, 1.165) is 15.6 Å². The van der Waals surface area contributed by atoms with E-state index >= 15 is 0 Å². The maximum Gasteiger partial charge on any atom is 0.295 e. The van der Waals surface area contributed by atoms with Crippen molar-refractivity contribution >= 4 is 33.4 Å². The highest BCUT2D eigenvalue weighted by Crippen LogP contribution is 2.46. The van der Waals surface area contributed by atoms with Crippen molar-refractivity contribution in [2.45, 2.75) is 19.5 Å². The lowest BCUT2D eigenvalue weighted by molar-refractivity contribution is -0.140. The molecule has 0 bridgehead atoms. The molecule has 1 aliphatic heterocycles. The number of benzene rings is 2. The molecule has 2 heterocycles. The highest BCUT2D eigenvalue weighted by molar-refractivity contribution is 9.10. The van der Waals surface area contributed by atoms with E-state index in [0.29, 0.717) is 28.4 Å². The van der Waals surface area contributed by atoms with Crippen molar-refractivity contribution in [3.63, 3.8) is 0 Å². The summed E-state index contributed by atoms with van der Waals surface area (Å²) in [5.41, 5.74) is 2.58. The Labute approximate surface area is 217 Å². The summed E-state index contributed by atoms with van der Waals surface area (Å²) in [4.78, 5) is 32.1. The molecule has 0 radical (unpaired) electrons. The topological polar surface area (TPSA) is 98.2 Å². The van der Waals surface area contributed by atoms with E-state index in [1.165, 1.54) is 26.2 Å². The average Bonchev–Trinajstić information content (AvgIpc) is 3.14. The fourth-order valence-electron chi connectivity index (χ4n) is 4.28. The van der Waals surface area contributed by atoms with Gasteiger partial charge in [0.15, 0.2) is 11.5 Å². The van der Waals surface area contributed by atoms with Gasteiger partial charge < -0.3 is 24.2 Å². The van der Waals surface area contributed by atoms with Gasteiger partial charge >= 0.3 is 0 Å². The average molecular weight is 553 g/mol. The Kier molecular flexibility index (Phi) is 7.30. The second-order valence-corrected chi connectivity index (χ2v) is 9.06. The second-order valence-electron chi connectivity index (χ2n) is 8.21. The number of aryl methyl sites for hydroxylation is 1. The second kappa shape index (κ2) is 10.4. The molecular weight excluding hydrogens is 528 g/mol. The van der Waals surface area contributed by atoms with Gasteiger partial charge in [-0.05, 0) is 60.0 Å². The minimum absolute atomic E-state index is 0.0231. The van der Waals surface area contributed by atoms with Crippen LogP contribution in [0.2, 0.25) is 0 Å². The van der Waals surface area contributed by atoms with Crippen LogP contribution in [0.3, 0.4) is 0 Å². The third kappa shape index (κ3) is 4.54. The molecule has 186 valence electrons. The molecule has 36 heavy (non-hydrogen) atoms. The Hall–Kier alpha value is -3.85. The molecule has 0 saturated carbocycles. The highest BCUT2D eigenvalue weighted by Gasteiger charge is 2.46. The fourth-order valence-corrected chi connectivity index (χ4v) is 4.53. The van der Waals surface area contributed by atoms with E-state index in [9.17, 15) is 14.7 Å². The van der Waals surface area contributed by atoms with Crippen LogP contribution >= 0.6 is 15.9 Å². The Bertz CT molecular complexity index is 1330.